The van der Waals surface area contributed by atoms with Gasteiger partial charge in [-0.1, -0.05) is 275 Å². The minimum atomic E-state index is 0.0709. The second kappa shape index (κ2) is 21.9. The van der Waals surface area contributed by atoms with Gasteiger partial charge in [-0.05, 0) is 158 Å². The maximum Gasteiger partial charge on any atom is 0.0159 e. The van der Waals surface area contributed by atoms with Gasteiger partial charge in [0.05, 0.1) is 0 Å². The van der Waals surface area contributed by atoms with Crippen molar-refractivity contribution in [1.82, 2.24) is 0 Å². The number of aryl methyl sites for hydroxylation is 4. The smallest absolute Gasteiger partial charge is 0.0159 e. The molecule has 0 bridgehead atoms. The Labute approximate surface area is 436 Å². The van der Waals surface area contributed by atoms with Crippen LogP contribution in [0.1, 0.15) is 91.3 Å². The topological polar surface area (TPSA) is 0 Å². The highest BCUT2D eigenvalue weighted by molar-refractivity contribution is 5.85. The van der Waals surface area contributed by atoms with Crippen LogP contribution in [0.3, 0.4) is 0 Å². The van der Waals surface area contributed by atoms with Gasteiger partial charge < -0.3 is 0 Å². The Balaban J connectivity index is 0.000000128. The normalized spacial score (nSPS) is 13.1. The van der Waals surface area contributed by atoms with Crippen molar-refractivity contribution in [3.8, 4) is 77.9 Å². The van der Waals surface area contributed by atoms with Crippen molar-refractivity contribution in [3.05, 3.63) is 276 Å². The molecule has 0 aromatic heterocycles. The average Bonchev–Trinajstić information content (AvgIpc) is 3.64. The summed E-state index contributed by atoms with van der Waals surface area (Å²) in [5.74, 6) is 0.674. The molecule has 0 saturated heterocycles. The molecule has 0 nitrogen and oxygen atoms in total. The lowest BCUT2D eigenvalue weighted by molar-refractivity contribution is 0.421. The molecule has 0 atom stereocenters. The molecule has 73 heavy (non-hydrogen) atoms. The van der Waals surface area contributed by atoms with Crippen molar-refractivity contribution >= 4 is 0 Å². The van der Waals surface area contributed by atoms with E-state index in [9.17, 15) is 0 Å². The number of fused-ring (bicyclic) bond motifs is 3. The Morgan fingerprint density at radius 1 is 0.356 bits per heavy atom. The lowest BCUT2D eigenvalue weighted by atomic mass is 9.74. The zero-order valence-electron chi connectivity index (χ0n) is 43.6. The van der Waals surface area contributed by atoms with E-state index in [0.717, 1.165) is 6.42 Å². The lowest BCUT2D eigenvalue weighted by Gasteiger charge is -2.31. The molecule has 0 amide bonds. The fourth-order valence-corrected chi connectivity index (χ4v) is 11.0. The second-order valence-electron chi connectivity index (χ2n) is 20.8. The fraction of sp³-hybridized carbons (Fsp3) is 0.178. The Bertz CT molecular complexity index is 3420. The first kappa shape index (κ1) is 48.8. The van der Waals surface area contributed by atoms with Crippen molar-refractivity contribution in [2.45, 2.75) is 85.0 Å². The quantitative estimate of drug-likeness (QED) is 0.135. The molecule has 12 rings (SSSR count). The van der Waals surface area contributed by atoms with E-state index < -0.39 is 0 Å². The van der Waals surface area contributed by atoms with Crippen LogP contribution in [-0.2, 0) is 11.8 Å². The summed E-state index contributed by atoms with van der Waals surface area (Å²) < 4.78 is 0. The van der Waals surface area contributed by atoms with Gasteiger partial charge in [0.15, 0.2) is 0 Å². The summed E-state index contributed by atoms with van der Waals surface area (Å²) in [4.78, 5) is 0. The highest BCUT2D eigenvalue weighted by Crippen LogP contribution is 2.50. The van der Waals surface area contributed by atoms with Crippen molar-refractivity contribution in [2.24, 2.45) is 0 Å². The molecule has 0 unspecified atom stereocenters. The SMILES string of the molecule is CCCc1ccc(-c2ccc(-c3ccccc3)cc2)cc1.Cc1ccc(-c2ccc(-c3cccc(-c4ccccc4C)c3C3CCC3)cc2)cc1.Cc1ccc2c(c1)C(C)(C)c1cc(-c3ccccc3)ccc1-2. The minimum Gasteiger partial charge on any atom is -0.0651 e. The van der Waals surface area contributed by atoms with Gasteiger partial charge in [-0.2, -0.15) is 0 Å². The summed E-state index contributed by atoms with van der Waals surface area (Å²) in [7, 11) is 0. The van der Waals surface area contributed by atoms with Gasteiger partial charge >= 0.3 is 0 Å². The Kier molecular flexibility index (Phi) is 14.6. The van der Waals surface area contributed by atoms with Gasteiger partial charge in [-0.15, -0.1) is 0 Å². The molecule has 2 aliphatic carbocycles. The average molecular weight is 945 g/mol. The van der Waals surface area contributed by atoms with Gasteiger partial charge in [0.2, 0.25) is 0 Å². The van der Waals surface area contributed by atoms with E-state index in [4.69, 9.17) is 0 Å². The Morgan fingerprint density at radius 3 is 1.33 bits per heavy atom. The second-order valence-corrected chi connectivity index (χ2v) is 20.8. The van der Waals surface area contributed by atoms with Gasteiger partial charge in [-0.25, -0.2) is 0 Å². The van der Waals surface area contributed by atoms with E-state index in [1.54, 1.807) is 5.56 Å². The van der Waals surface area contributed by atoms with Gasteiger partial charge in [-0.3, -0.25) is 0 Å². The first-order valence-corrected chi connectivity index (χ1v) is 26.6. The van der Waals surface area contributed by atoms with Crippen LogP contribution in [0.4, 0.5) is 0 Å². The van der Waals surface area contributed by atoms with Crippen LogP contribution in [-0.4, -0.2) is 0 Å². The molecule has 2 aliphatic rings. The summed E-state index contributed by atoms with van der Waals surface area (Å²) in [5.41, 5.74) is 28.4. The number of hydrogen-bond donors (Lipinski definition) is 0. The van der Waals surface area contributed by atoms with Crippen LogP contribution in [0.25, 0.3) is 77.9 Å². The Hall–Kier alpha value is -7.80. The standard InChI is InChI=1S/C30H28.C22H20.C21H20/c1-21-13-15-23(16-14-21)24-17-19-25(20-18-24)28-11-6-12-29(30(28)26-8-5-9-26)27-10-4-3-7-22(27)2;1-15-9-11-18-19-12-10-17(16-7-5-4-6-8-16)14-21(19)22(2,3)20(18)13-15;1-2-6-17-9-11-19(12-10-17)21-15-13-20(14-16-21)18-7-4-3-5-8-18/h3-4,6-7,10-20,26H,5,8-9H2,1-2H3;4-14H,1-3H3;3-5,7-16H,2,6H2,1H3. The van der Waals surface area contributed by atoms with Gasteiger partial charge in [0, 0.05) is 5.41 Å². The molecule has 0 heterocycles. The number of hydrogen-bond acceptors (Lipinski definition) is 0. The molecule has 10 aromatic carbocycles. The van der Waals surface area contributed by atoms with E-state index >= 15 is 0 Å². The maximum atomic E-state index is 2.38. The summed E-state index contributed by atoms with van der Waals surface area (Å²) in [6.07, 6.45) is 6.31. The minimum absolute atomic E-state index is 0.0709. The fourth-order valence-electron chi connectivity index (χ4n) is 11.0. The predicted octanol–water partition coefficient (Wildman–Crippen LogP) is 20.5. The molecule has 0 spiro atoms. The number of rotatable bonds is 9. The first-order chi connectivity index (χ1) is 35.6. The molecule has 1 saturated carbocycles. The molecular formula is C73H68. The summed E-state index contributed by atoms with van der Waals surface area (Å²) >= 11 is 0. The summed E-state index contributed by atoms with van der Waals surface area (Å²) in [6, 6.07) is 86.2. The third-order valence-electron chi connectivity index (χ3n) is 15.4. The van der Waals surface area contributed by atoms with Gasteiger partial charge in [0.25, 0.3) is 0 Å². The van der Waals surface area contributed by atoms with Crippen molar-refractivity contribution in [1.29, 1.82) is 0 Å². The predicted molar refractivity (Wildman–Crippen MR) is 314 cm³/mol. The van der Waals surface area contributed by atoms with Gasteiger partial charge in [0.1, 0.15) is 0 Å². The highest BCUT2D eigenvalue weighted by atomic mass is 14.4. The summed E-state index contributed by atoms with van der Waals surface area (Å²) in [6.45, 7) is 13.4. The molecule has 0 aliphatic heterocycles. The molecule has 0 radical (unpaired) electrons. The summed E-state index contributed by atoms with van der Waals surface area (Å²) in [5, 5.41) is 0. The van der Waals surface area contributed by atoms with Crippen LogP contribution < -0.4 is 0 Å². The molecule has 360 valence electrons. The lowest BCUT2D eigenvalue weighted by Crippen LogP contribution is -2.15. The number of benzene rings is 10. The third kappa shape index (κ3) is 10.7. The van der Waals surface area contributed by atoms with Crippen LogP contribution in [0, 0.1) is 20.8 Å². The zero-order valence-corrected chi connectivity index (χ0v) is 43.6. The maximum absolute atomic E-state index is 2.38. The van der Waals surface area contributed by atoms with Crippen molar-refractivity contribution in [2.75, 3.05) is 0 Å². The van der Waals surface area contributed by atoms with Crippen LogP contribution in [0.15, 0.2) is 237 Å². The van der Waals surface area contributed by atoms with E-state index in [1.165, 1.54) is 137 Å². The van der Waals surface area contributed by atoms with Crippen LogP contribution in [0.5, 0.6) is 0 Å². The van der Waals surface area contributed by atoms with E-state index in [2.05, 4.69) is 278 Å². The van der Waals surface area contributed by atoms with Crippen molar-refractivity contribution < 1.29 is 0 Å². The van der Waals surface area contributed by atoms with Crippen molar-refractivity contribution in [3.63, 3.8) is 0 Å². The van der Waals surface area contributed by atoms with E-state index in [0.29, 0.717) is 5.92 Å². The molecular weight excluding hydrogens is 877 g/mol. The molecule has 10 aromatic rings. The van der Waals surface area contributed by atoms with E-state index in [-0.39, 0.29) is 5.41 Å². The molecule has 0 N–H and O–H groups in total. The Morgan fingerprint density at radius 2 is 0.781 bits per heavy atom. The monoisotopic (exact) mass is 945 g/mol. The molecule has 1 fully saturated rings. The largest absolute Gasteiger partial charge is 0.0651 e. The highest BCUT2D eigenvalue weighted by Gasteiger charge is 2.35. The zero-order chi connectivity index (χ0) is 50.3. The van der Waals surface area contributed by atoms with Crippen LogP contribution >= 0.6 is 0 Å². The molecule has 0 heteroatoms. The van der Waals surface area contributed by atoms with Crippen LogP contribution in [0.2, 0.25) is 0 Å². The third-order valence-corrected chi connectivity index (χ3v) is 15.4. The first-order valence-electron chi connectivity index (χ1n) is 26.6. The van der Waals surface area contributed by atoms with E-state index in [1.807, 2.05) is 0 Å².